The van der Waals surface area contributed by atoms with Crippen molar-refractivity contribution in [2.45, 2.75) is 31.5 Å². The summed E-state index contributed by atoms with van der Waals surface area (Å²) in [5.74, 6) is 0.649. The van der Waals surface area contributed by atoms with Crippen LogP contribution < -0.4 is 5.32 Å². The highest BCUT2D eigenvalue weighted by atomic mass is 16.3. The topological polar surface area (TPSA) is 35.5 Å². The van der Waals surface area contributed by atoms with Gasteiger partial charge < -0.3 is 10.4 Å². The summed E-state index contributed by atoms with van der Waals surface area (Å²) < 4.78 is 0. The molecule has 0 amide bonds. The standard InChI is InChI=1S/C15H22N2O/c1-16-15(11-18,14-6-7-14)10-17-8-12-4-2-3-5-13(12)9-17/h2-5,14,16,18H,6-11H2,1H3. The Balaban J connectivity index is 1.71. The Bertz CT molecular complexity index is 399. The molecule has 2 aliphatic rings. The van der Waals surface area contributed by atoms with E-state index in [-0.39, 0.29) is 12.1 Å². The van der Waals surface area contributed by atoms with Gasteiger partial charge in [-0.05, 0) is 36.9 Å². The number of aliphatic hydroxyl groups is 1. The molecular weight excluding hydrogens is 224 g/mol. The SMILES string of the molecule is CNC(CO)(CN1Cc2ccccc2C1)C1CC1. The van der Waals surface area contributed by atoms with Crippen LogP contribution in [0, 0.1) is 5.92 Å². The van der Waals surface area contributed by atoms with Gasteiger partial charge in [0.15, 0.2) is 0 Å². The van der Waals surface area contributed by atoms with Crippen LogP contribution in [0.1, 0.15) is 24.0 Å². The fourth-order valence-electron chi connectivity index (χ4n) is 3.22. The number of likely N-dealkylation sites (N-methyl/N-ethyl adjacent to an activating group) is 1. The van der Waals surface area contributed by atoms with Gasteiger partial charge in [0.1, 0.15) is 0 Å². The summed E-state index contributed by atoms with van der Waals surface area (Å²) in [6.45, 7) is 3.22. The number of hydrogen-bond donors (Lipinski definition) is 2. The molecule has 3 nitrogen and oxygen atoms in total. The Morgan fingerprint density at radius 1 is 1.28 bits per heavy atom. The highest BCUT2D eigenvalue weighted by Gasteiger charge is 2.45. The lowest BCUT2D eigenvalue weighted by Crippen LogP contribution is -2.55. The lowest BCUT2D eigenvalue weighted by Gasteiger charge is -2.35. The quantitative estimate of drug-likeness (QED) is 0.823. The molecule has 0 spiro atoms. The minimum Gasteiger partial charge on any atom is -0.394 e. The van der Waals surface area contributed by atoms with E-state index in [9.17, 15) is 5.11 Å². The molecule has 0 aromatic heterocycles. The van der Waals surface area contributed by atoms with Crippen molar-refractivity contribution in [1.82, 2.24) is 10.2 Å². The van der Waals surface area contributed by atoms with Gasteiger partial charge in [0.05, 0.1) is 12.1 Å². The second kappa shape index (κ2) is 4.65. The van der Waals surface area contributed by atoms with Crippen LogP contribution in [0.15, 0.2) is 24.3 Å². The molecule has 3 heteroatoms. The summed E-state index contributed by atoms with van der Waals surface area (Å²) >= 11 is 0. The molecular formula is C15H22N2O. The lowest BCUT2D eigenvalue weighted by molar-refractivity contribution is 0.0956. The molecule has 1 aliphatic heterocycles. The van der Waals surface area contributed by atoms with Gasteiger partial charge in [0.2, 0.25) is 0 Å². The van der Waals surface area contributed by atoms with Crippen molar-refractivity contribution in [1.29, 1.82) is 0 Å². The summed E-state index contributed by atoms with van der Waals surface area (Å²) in [5, 5.41) is 13.2. The van der Waals surface area contributed by atoms with Gasteiger partial charge in [-0.25, -0.2) is 0 Å². The molecule has 1 unspecified atom stereocenters. The summed E-state index contributed by atoms with van der Waals surface area (Å²) in [6.07, 6.45) is 2.50. The monoisotopic (exact) mass is 246 g/mol. The van der Waals surface area contributed by atoms with Crippen molar-refractivity contribution in [3.63, 3.8) is 0 Å². The minimum atomic E-state index is -0.0952. The van der Waals surface area contributed by atoms with Crippen LogP contribution in [0.3, 0.4) is 0 Å². The summed E-state index contributed by atoms with van der Waals surface area (Å²) in [4.78, 5) is 2.45. The largest absolute Gasteiger partial charge is 0.394 e. The molecule has 3 rings (SSSR count). The van der Waals surface area contributed by atoms with Crippen molar-refractivity contribution in [3.8, 4) is 0 Å². The maximum atomic E-state index is 9.78. The van der Waals surface area contributed by atoms with Gasteiger partial charge >= 0.3 is 0 Å². The van der Waals surface area contributed by atoms with E-state index in [4.69, 9.17) is 0 Å². The molecule has 1 aromatic rings. The number of rotatable bonds is 5. The summed E-state index contributed by atoms with van der Waals surface area (Å²) in [5.41, 5.74) is 2.79. The molecule has 1 fully saturated rings. The first kappa shape index (κ1) is 12.2. The van der Waals surface area contributed by atoms with Gasteiger partial charge in [-0.15, -0.1) is 0 Å². The predicted octanol–water partition coefficient (Wildman–Crippen LogP) is 1.36. The molecule has 0 radical (unpaired) electrons. The van der Waals surface area contributed by atoms with Crippen LogP contribution in [-0.2, 0) is 13.1 Å². The fourth-order valence-corrected chi connectivity index (χ4v) is 3.22. The van der Waals surface area contributed by atoms with Gasteiger partial charge in [-0.3, -0.25) is 4.90 Å². The van der Waals surface area contributed by atoms with E-state index in [1.807, 2.05) is 7.05 Å². The molecule has 0 saturated heterocycles. The van der Waals surface area contributed by atoms with E-state index in [1.54, 1.807) is 0 Å². The molecule has 1 aliphatic carbocycles. The lowest BCUT2D eigenvalue weighted by atomic mass is 9.93. The number of hydrogen-bond acceptors (Lipinski definition) is 3. The van der Waals surface area contributed by atoms with Crippen molar-refractivity contribution >= 4 is 0 Å². The minimum absolute atomic E-state index is 0.0952. The van der Waals surface area contributed by atoms with Crippen molar-refractivity contribution in [3.05, 3.63) is 35.4 Å². The van der Waals surface area contributed by atoms with E-state index in [0.29, 0.717) is 5.92 Å². The first-order valence-corrected chi connectivity index (χ1v) is 6.86. The third kappa shape index (κ3) is 2.07. The second-order valence-corrected chi connectivity index (χ2v) is 5.75. The van der Waals surface area contributed by atoms with Crippen LogP contribution in [0.4, 0.5) is 0 Å². The van der Waals surface area contributed by atoms with Gasteiger partial charge in [-0.2, -0.15) is 0 Å². The Hall–Kier alpha value is -0.900. The zero-order valence-electron chi connectivity index (χ0n) is 11.0. The predicted molar refractivity (Wildman–Crippen MR) is 72.2 cm³/mol. The third-order valence-electron chi connectivity index (χ3n) is 4.55. The van der Waals surface area contributed by atoms with E-state index in [2.05, 4.69) is 34.5 Å². The molecule has 1 heterocycles. The molecule has 98 valence electrons. The normalized spacial score (nSPS) is 22.8. The van der Waals surface area contributed by atoms with Gasteiger partial charge in [0.25, 0.3) is 0 Å². The number of nitrogens with zero attached hydrogens (tertiary/aromatic N) is 1. The van der Waals surface area contributed by atoms with Crippen LogP contribution in [-0.4, -0.2) is 35.7 Å². The van der Waals surface area contributed by atoms with Crippen molar-refractivity contribution in [2.24, 2.45) is 5.92 Å². The summed E-state index contributed by atoms with van der Waals surface area (Å²) in [7, 11) is 1.98. The Morgan fingerprint density at radius 2 is 1.89 bits per heavy atom. The van der Waals surface area contributed by atoms with Crippen LogP contribution in [0.2, 0.25) is 0 Å². The molecule has 18 heavy (non-hydrogen) atoms. The zero-order valence-corrected chi connectivity index (χ0v) is 11.0. The molecule has 1 aromatic carbocycles. The molecule has 0 bridgehead atoms. The third-order valence-corrected chi connectivity index (χ3v) is 4.55. The van der Waals surface area contributed by atoms with E-state index >= 15 is 0 Å². The van der Waals surface area contributed by atoms with Crippen LogP contribution in [0.5, 0.6) is 0 Å². The van der Waals surface area contributed by atoms with Gasteiger partial charge in [-0.1, -0.05) is 24.3 Å². The number of nitrogens with one attached hydrogen (secondary N) is 1. The fraction of sp³-hybridized carbons (Fsp3) is 0.600. The molecule has 2 N–H and O–H groups in total. The van der Waals surface area contributed by atoms with Crippen LogP contribution >= 0.6 is 0 Å². The first-order valence-electron chi connectivity index (χ1n) is 6.86. The molecule has 1 atom stereocenters. The average Bonchev–Trinajstić information content (AvgIpc) is 3.17. The maximum Gasteiger partial charge on any atom is 0.0628 e. The number of aliphatic hydroxyl groups excluding tert-OH is 1. The number of benzene rings is 1. The highest BCUT2D eigenvalue weighted by molar-refractivity contribution is 5.30. The second-order valence-electron chi connectivity index (χ2n) is 5.75. The average molecular weight is 246 g/mol. The van der Waals surface area contributed by atoms with Gasteiger partial charge in [0, 0.05) is 19.6 Å². The Morgan fingerprint density at radius 3 is 2.33 bits per heavy atom. The smallest absolute Gasteiger partial charge is 0.0628 e. The van der Waals surface area contributed by atoms with Crippen molar-refractivity contribution in [2.75, 3.05) is 20.2 Å². The Kier molecular flexibility index (Phi) is 3.14. The maximum absolute atomic E-state index is 9.78. The number of fused-ring (bicyclic) bond motifs is 1. The Labute approximate surface area is 109 Å². The van der Waals surface area contributed by atoms with E-state index < -0.39 is 0 Å². The first-order chi connectivity index (χ1) is 8.77. The van der Waals surface area contributed by atoms with E-state index in [0.717, 1.165) is 19.6 Å². The zero-order chi connectivity index (χ0) is 12.6. The van der Waals surface area contributed by atoms with Crippen LogP contribution in [0.25, 0.3) is 0 Å². The summed E-state index contributed by atoms with van der Waals surface area (Å²) in [6, 6.07) is 8.65. The van der Waals surface area contributed by atoms with Crippen molar-refractivity contribution < 1.29 is 5.11 Å². The molecule has 1 saturated carbocycles. The van der Waals surface area contributed by atoms with E-state index in [1.165, 1.54) is 24.0 Å². The highest BCUT2D eigenvalue weighted by Crippen LogP contribution is 2.40.